The normalized spacial score (nSPS) is 20.6. The van der Waals surface area contributed by atoms with E-state index in [9.17, 15) is 0 Å². The maximum atomic E-state index is 9.12. The number of aliphatic hydroxyl groups excluding tert-OH is 1. The monoisotopic (exact) mass is 411 g/mol. The van der Waals surface area contributed by atoms with Crippen molar-refractivity contribution in [3.63, 3.8) is 0 Å². The molecule has 0 aromatic rings. The molecule has 0 amide bonds. The SMILES string of the molecule is CCNC(=NCC(C)CO)N1CCC(C(CC)CC)C1.I. The number of nitrogens with one attached hydrogen (secondary N) is 1. The molecule has 1 aliphatic heterocycles. The Balaban J connectivity index is 0.00000400. The number of rotatable bonds is 7. The van der Waals surface area contributed by atoms with Crippen molar-refractivity contribution >= 4 is 29.9 Å². The molecule has 5 heteroatoms. The van der Waals surface area contributed by atoms with Crippen molar-refractivity contribution in [2.45, 2.75) is 47.0 Å². The van der Waals surface area contributed by atoms with Gasteiger partial charge in [0.25, 0.3) is 0 Å². The van der Waals surface area contributed by atoms with Crippen molar-refractivity contribution < 1.29 is 5.11 Å². The van der Waals surface area contributed by atoms with E-state index in [1.165, 1.54) is 19.3 Å². The van der Waals surface area contributed by atoms with Crippen LogP contribution in [-0.4, -0.2) is 48.8 Å². The Kier molecular flexibility index (Phi) is 11.5. The van der Waals surface area contributed by atoms with Crippen molar-refractivity contribution in [1.82, 2.24) is 10.2 Å². The second-order valence-electron chi connectivity index (χ2n) is 6.05. The zero-order valence-electron chi connectivity index (χ0n) is 14.1. The average Bonchev–Trinajstić information content (AvgIpc) is 2.94. The summed E-state index contributed by atoms with van der Waals surface area (Å²) in [6.07, 6.45) is 3.85. The zero-order valence-corrected chi connectivity index (χ0v) is 16.5. The van der Waals surface area contributed by atoms with Crippen LogP contribution in [0, 0.1) is 17.8 Å². The van der Waals surface area contributed by atoms with Gasteiger partial charge < -0.3 is 15.3 Å². The van der Waals surface area contributed by atoms with Gasteiger partial charge in [0.15, 0.2) is 5.96 Å². The third-order valence-electron chi connectivity index (χ3n) is 4.44. The zero-order chi connectivity index (χ0) is 15.0. The summed E-state index contributed by atoms with van der Waals surface area (Å²) in [5, 5.41) is 12.5. The number of hydrogen-bond acceptors (Lipinski definition) is 2. The summed E-state index contributed by atoms with van der Waals surface area (Å²) in [7, 11) is 0. The molecular weight excluding hydrogens is 377 g/mol. The Morgan fingerprint density at radius 3 is 2.52 bits per heavy atom. The lowest BCUT2D eigenvalue weighted by Crippen LogP contribution is -2.40. The van der Waals surface area contributed by atoms with E-state index in [1.807, 2.05) is 6.92 Å². The first-order valence-electron chi connectivity index (χ1n) is 8.30. The Labute approximate surface area is 147 Å². The van der Waals surface area contributed by atoms with Crippen LogP contribution in [0.5, 0.6) is 0 Å². The van der Waals surface area contributed by atoms with Crippen LogP contribution >= 0.6 is 24.0 Å². The van der Waals surface area contributed by atoms with Crippen molar-refractivity contribution in [2.24, 2.45) is 22.7 Å². The lowest BCUT2D eigenvalue weighted by Gasteiger charge is -2.24. The van der Waals surface area contributed by atoms with Gasteiger partial charge in [-0.05, 0) is 31.1 Å². The molecule has 1 heterocycles. The van der Waals surface area contributed by atoms with Gasteiger partial charge in [-0.1, -0.05) is 33.6 Å². The van der Waals surface area contributed by atoms with E-state index >= 15 is 0 Å². The van der Waals surface area contributed by atoms with Gasteiger partial charge in [0.2, 0.25) is 0 Å². The molecule has 0 radical (unpaired) electrons. The van der Waals surface area contributed by atoms with Gasteiger partial charge in [-0.15, -0.1) is 24.0 Å². The van der Waals surface area contributed by atoms with Crippen LogP contribution in [0.4, 0.5) is 0 Å². The molecule has 0 bridgehead atoms. The maximum absolute atomic E-state index is 9.12. The van der Waals surface area contributed by atoms with Crippen LogP contribution in [0.25, 0.3) is 0 Å². The molecule has 1 saturated heterocycles. The summed E-state index contributed by atoms with van der Waals surface area (Å²) in [4.78, 5) is 7.08. The van der Waals surface area contributed by atoms with Gasteiger partial charge in [0, 0.05) is 32.8 Å². The summed E-state index contributed by atoms with van der Waals surface area (Å²) in [6.45, 7) is 12.8. The fourth-order valence-corrected chi connectivity index (χ4v) is 3.05. The topological polar surface area (TPSA) is 47.9 Å². The molecule has 0 aromatic heterocycles. The third kappa shape index (κ3) is 6.72. The van der Waals surface area contributed by atoms with E-state index in [0.717, 1.165) is 37.4 Å². The number of nitrogens with zero attached hydrogens (tertiary/aromatic N) is 2. The minimum absolute atomic E-state index is 0. The molecule has 0 aliphatic carbocycles. The summed E-state index contributed by atoms with van der Waals surface area (Å²) in [6, 6.07) is 0. The summed E-state index contributed by atoms with van der Waals surface area (Å²) in [5.74, 6) is 2.92. The number of halogens is 1. The minimum Gasteiger partial charge on any atom is -0.396 e. The van der Waals surface area contributed by atoms with Crippen LogP contribution < -0.4 is 5.32 Å². The van der Waals surface area contributed by atoms with Crippen LogP contribution in [0.3, 0.4) is 0 Å². The van der Waals surface area contributed by atoms with Gasteiger partial charge in [-0.2, -0.15) is 0 Å². The third-order valence-corrected chi connectivity index (χ3v) is 4.44. The number of hydrogen-bond donors (Lipinski definition) is 2. The van der Waals surface area contributed by atoms with Crippen molar-refractivity contribution in [1.29, 1.82) is 0 Å². The van der Waals surface area contributed by atoms with E-state index in [0.29, 0.717) is 6.54 Å². The lowest BCUT2D eigenvalue weighted by atomic mass is 9.87. The largest absolute Gasteiger partial charge is 0.396 e. The number of aliphatic hydroxyl groups is 1. The first kappa shape index (κ1) is 21.0. The maximum Gasteiger partial charge on any atom is 0.193 e. The standard InChI is InChI=1S/C16H33N3O.HI/c1-5-14(6-2)15-8-9-19(11-15)16(17-7-3)18-10-13(4)12-20;/h13-15,20H,5-12H2,1-4H3,(H,17,18);1H. The highest BCUT2D eigenvalue weighted by molar-refractivity contribution is 14.0. The minimum atomic E-state index is 0. The highest BCUT2D eigenvalue weighted by atomic mass is 127. The molecule has 21 heavy (non-hydrogen) atoms. The molecule has 1 rings (SSSR count). The van der Waals surface area contributed by atoms with Gasteiger partial charge in [0.1, 0.15) is 0 Å². The number of aliphatic imine (C=N–C) groups is 1. The molecular formula is C16H34IN3O. The molecule has 0 saturated carbocycles. The number of guanidine groups is 1. The fourth-order valence-electron chi connectivity index (χ4n) is 3.05. The number of likely N-dealkylation sites (tertiary alicyclic amines) is 1. The molecule has 0 aromatic carbocycles. The fraction of sp³-hybridized carbons (Fsp3) is 0.938. The van der Waals surface area contributed by atoms with E-state index in [-0.39, 0.29) is 36.5 Å². The Morgan fingerprint density at radius 1 is 1.33 bits per heavy atom. The van der Waals surface area contributed by atoms with E-state index in [4.69, 9.17) is 5.11 Å². The molecule has 4 nitrogen and oxygen atoms in total. The van der Waals surface area contributed by atoms with E-state index in [1.54, 1.807) is 0 Å². The molecule has 1 aliphatic rings. The average molecular weight is 411 g/mol. The second kappa shape index (κ2) is 11.5. The van der Waals surface area contributed by atoms with Gasteiger partial charge in [0.05, 0.1) is 0 Å². The van der Waals surface area contributed by atoms with Crippen LogP contribution in [0.2, 0.25) is 0 Å². The molecule has 2 unspecified atom stereocenters. The summed E-state index contributed by atoms with van der Waals surface area (Å²) in [5.41, 5.74) is 0. The van der Waals surface area contributed by atoms with Crippen LogP contribution in [0.15, 0.2) is 4.99 Å². The lowest BCUT2D eigenvalue weighted by molar-refractivity contribution is 0.241. The molecule has 2 N–H and O–H groups in total. The van der Waals surface area contributed by atoms with Crippen LogP contribution in [-0.2, 0) is 0 Å². The smallest absolute Gasteiger partial charge is 0.193 e. The Morgan fingerprint density at radius 2 is 2.00 bits per heavy atom. The predicted octanol–water partition coefficient (Wildman–Crippen LogP) is 2.96. The van der Waals surface area contributed by atoms with Crippen molar-refractivity contribution in [2.75, 3.05) is 32.8 Å². The van der Waals surface area contributed by atoms with Crippen molar-refractivity contribution in [3.05, 3.63) is 0 Å². The van der Waals surface area contributed by atoms with Gasteiger partial charge >= 0.3 is 0 Å². The summed E-state index contributed by atoms with van der Waals surface area (Å²) < 4.78 is 0. The quantitative estimate of drug-likeness (QED) is 0.385. The molecule has 1 fully saturated rings. The van der Waals surface area contributed by atoms with Crippen LogP contribution in [0.1, 0.15) is 47.0 Å². The van der Waals surface area contributed by atoms with Gasteiger partial charge in [-0.25, -0.2) is 0 Å². The predicted molar refractivity (Wildman–Crippen MR) is 101 cm³/mol. The first-order chi connectivity index (χ1) is 9.65. The second-order valence-corrected chi connectivity index (χ2v) is 6.05. The Bertz CT molecular complexity index is 295. The highest BCUT2D eigenvalue weighted by Gasteiger charge is 2.29. The first-order valence-corrected chi connectivity index (χ1v) is 8.30. The molecule has 0 spiro atoms. The summed E-state index contributed by atoms with van der Waals surface area (Å²) >= 11 is 0. The van der Waals surface area contributed by atoms with Gasteiger partial charge in [-0.3, -0.25) is 4.99 Å². The highest BCUT2D eigenvalue weighted by Crippen LogP contribution is 2.28. The van der Waals surface area contributed by atoms with E-state index in [2.05, 4.69) is 36.0 Å². The molecule has 126 valence electrons. The molecule has 2 atom stereocenters. The Hall–Kier alpha value is -0.0400. The van der Waals surface area contributed by atoms with E-state index < -0.39 is 0 Å². The van der Waals surface area contributed by atoms with Crippen molar-refractivity contribution in [3.8, 4) is 0 Å².